The van der Waals surface area contributed by atoms with Gasteiger partial charge in [-0.1, -0.05) is 22.9 Å². The molecule has 8 heteroatoms. The second-order valence-electron chi connectivity index (χ2n) is 8.27. The first kappa shape index (κ1) is 19.6. The van der Waals surface area contributed by atoms with E-state index in [9.17, 15) is 0 Å². The maximum Gasteiger partial charge on any atom is 0.325 e. The first-order valence-corrected chi connectivity index (χ1v) is 10.5. The Morgan fingerprint density at radius 1 is 1.03 bits per heavy atom. The summed E-state index contributed by atoms with van der Waals surface area (Å²) in [5, 5.41) is 7.11. The Hall–Kier alpha value is -3.39. The summed E-state index contributed by atoms with van der Waals surface area (Å²) in [6.45, 7) is 7.80. The molecule has 5 rings (SSSR count). The highest BCUT2D eigenvalue weighted by atomic mass is 16.5. The summed E-state index contributed by atoms with van der Waals surface area (Å²) >= 11 is 0. The Balaban J connectivity index is 1.44. The number of nitrogens with one attached hydrogen (secondary N) is 1. The van der Waals surface area contributed by atoms with Crippen molar-refractivity contribution in [2.75, 3.05) is 43.4 Å². The summed E-state index contributed by atoms with van der Waals surface area (Å²) in [7, 11) is 2.13. The number of nitrogens with zero attached hydrogens (tertiary/aromatic N) is 5. The molecule has 1 N–H and O–H groups in total. The van der Waals surface area contributed by atoms with E-state index in [1.54, 1.807) is 0 Å². The van der Waals surface area contributed by atoms with Crippen LogP contribution in [0.5, 0.6) is 11.8 Å². The minimum atomic E-state index is 0.300. The molecule has 31 heavy (non-hydrogen) atoms. The third kappa shape index (κ3) is 4.39. The van der Waals surface area contributed by atoms with Crippen LogP contribution >= 0.6 is 0 Å². The van der Waals surface area contributed by atoms with E-state index in [0.717, 1.165) is 49.9 Å². The number of likely N-dealkylation sites (N-methyl/N-ethyl adjacent to an activating group) is 1. The normalized spacial score (nSPS) is 16.2. The molecule has 0 radical (unpaired) electrons. The summed E-state index contributed by atoms with van der Waals surface area (Å²) < 4.78 is 11.4. The van der Waals surface area contributed by atoms with Crippen molar-refractivity contribution in [2.24, 2.45) is 0 Å². The van der Waals surface area contributed by atoms with E-state index in [1.807, 2.05) is 31.2 Å². The number of piperazine rings is 1. The molecule has 1 aliphatic carbocycles. The predicted octanol–water partition coefficient (Wildman–Crippen LogP) is 4.02. The largest absolute Gasteiger partial charge is 0.424 e. The molecular weight excluding hydrogens is 392 g/mol. The van der Waals surface area contributed by atoms with Crippen molar-refractivity contribution in [3.63, 3.8) is 0 Å². The summed E-state index contributed by atoms with van der Waals surface area (Å²) in [5.41, 5.74) is 4.67. The smallest absolute Gasteiger partial charge is 0.325 e. The zero-order chi connectivity index (χ0) is 21.4. The maximum absolute atomic E-state index is 6.10. The molecule has 160 valence electrons. The molecule has 1 fully saturated rings. The van der Waals surface area contributed by atoms with Gasteiger partial charge in [0.1, 0.15) is 17.4 Å². The zero-order valence-electron chi connectivity index (χ0n) is 18.1. The lowest BCUT2D eigenvalue weighted by molar-refractivity contribution is 0.311. The lowest BCUT2D eigenvalue weighted by Crippen LogP contribution is -2.44. The third-order valence-electron chi connectivity index (χ3n) is 5.60. The first-order chi connectivity index (χ1) is 15.0. The molecule has 0 atom stereocenters. The highest BCUT2D eigenvalue weighted by Crippen LogP contribution is 2.31. The van der Waals surface area contributed by atoms with Crippen LogP contribution in [0, 0.1) is 6.92 Å². The molecule has 2 aromatic heterocycles. The first-order valence-electron chi connectivity index (χ1n) is 10.5. The van der Waals surface area contributed by atoms with Crippen LogP contribution in [0.4, 0.5) is 17.5 Å². The van der Waals surface area contributed by atoms with Crippen molar-refractivity contribution >= 4 is 23.6 Å². The van der Waals surface area contributed by atoms with Crippen LogP contribution in [0.25, 0.3) is 6.08 Å². The Kier molecular flexibility index (Phi) is 5.07. The van der Waals surface area contributed by atoms with Crippen LogP contribution < -0.4 is 15.0 Å². The molecule has 0 spiro atoms. The highest BCUT2D eigenvalue weighted by Gasteiger charge is 2.19. The minimum absolute atomic E-state index is 0.300. The molecular formula is C23H26N6O2. The van der Waals surface area contributed by atoms with Gasteiger partial charge < -0.3 is 24.4 Å². The number of benzene rings is 1. The van der Waals surface area contributed by atoms with E-state index in [0.29, 0.717) is 17.7 Å². The number of fused-ring (bicyclic) bond motifs is 1. The van der Waals surface area contributed by atoms with Crippen LogP contribution in [0.1, 0.15) is 23.7 Å². The van der Waals surface area contributed by atoms with E-state index in [2.05, 4.69) is 51.4 Å². The van der Waals surface area contributed by atoms with Crippen molar-refractivity contribution in [1.29, 1.82) is 0 Å². The van der Waals surface area contributed by atoms with Gasteiger partial charge in [-0.15, -0.1) is 0 Å². The molecule has 3 heterocycles. The van der Waals surface area contributed by atoms with Gasteiger partial charge in [0.2, 0.25) is 5.88 Å². The molecule has 0 bridgehead atoms. The van der Waals surface area contributed by atoms with Gasteiger partial charge in [-0.3, -0.25) is 0 Å². The van der Waals surface area contributed by atoms with E-state index in [-0.39, 0.29) is 0 Å². The SMILES string of the molecule is CC1=Cc2cc(Oc3nc(Nc4cc(C)no4)cc(N4CCN(C)CC4)n3)ccc2C1. The Morgan fingerprint density at radius 3 is 2.65 bits per heavy atom. The molecule has 1 saturated heterocycles. The lowest BCUT2D eigenvalue weighted by atomic mass is 10.1. The van der Waals surface area contributed by atoms with Crippen molar-refractivity contribution in [2.45, 2.75) is 20.3 Å². The number of rotatable bonds is 5. The monoisotopic (exact) mass is 418 g/mol. The number of ether oxygens (including phenoxy) is 1. The van der Waals surface area contributed by atoms with Crippen LogP contribution in [0.3, 0.4) is 0 Å². The standard InChI is InChI=1S/C23H26N6O2/c1-15-10-17-4-5-19(13-18(17)11-15)30-23-25-20(24-22-12-16(2)27-31-22)14-21(26-23)29-8-6-28(3)7-9-29/h4-5,11-14H,6-10H2,1-3H3,(H,24,25,26). The molecule has 2 aliphatic rings. The van der Waals surface area contributed by atoms with Gasteiger partial charge in [-0.25, -0.2) is 0 Å². The van der Waals surface area contributed by atoms with Crippen molar-refractivity contribution in [3.05, 3.63) is 52.7 Å². The Labute approximate surface area is 181 Å². The average Bonchev–Trinajstić information content (AvgIpc) is 3.32. The third-order valence-corrected chi connectivity index (χ3v) is 5.60. The van der Waals surface area contributed by atoms with Crippen molar-refractivity contribution in [3.8, 4) is 11.8 Å². The fourth-order valence-corrected chi connectivity index (χ4v) is 3.92. The summed E-state index contributed by atoms with van der Waals surface area (Å²) in [5.74, 6) is 2.69. The quantitative estimate of drug-likeness (QED) is 0.666. The molecule has 0 amide bonds. The van der Waals surface area contributed by atoms with Crippen LogP contribution in [0.15, 0.2) is 40.4 Å². The molecule has 3 aromatic rings. The van der Waals surface area contributed by atoms with Crippen LogP contribution in [-0.4, -0.2) is 53.3 Å². The molecule has 0 unspecified atom stereocenters. The van der Waals surface area contributed by atoms with E-state index >= 15 is 0 Å². The fourth-order valence-electron chi connectivity index (χ4n) is 3.92. The van der Waals surface area contributed by atoms with E-state index in [1.165, 1.54) is 16.7 Å². The van der Waals surface area contributed by atoms with Crippen molar-refractivity contribution in [1.82, 2.24) is 20.0 Å². The van der Waals surface area contributed by atoms with Crippen molar-refractivity contribution < 1.29 is 9.26 Å². The topological polar surface area (TPSA) is 79.5 Å². The minimum Gasteiger partial charge on any atom is -0.424 e. The predicted molar refractivity (Wildman–Crippen MR) is 120 cm³/mol. The maximum atomic E-state index is 6.10. The number of hydrogen-bond acceptors (Lipinski definition) is 8. The lowest BCUT2D eigenvalue weighted by Gasteiger charge is -2.33. The second-order valence-corrected chi connectivity index (χ2v) is 8.27. The van der Waals surface area contributed by atoms with Gasteiger partial charge in [0, 0.05) is 38.3 Å². The molecule has 1 aliphatic heterocycles. The fraction of sp³-hybridized carbons (Fsp3) is 0.348. The Morgan fingerprint density at radius 2 is 1.87 bits per heavy atom. The number of anilines is 3. The van der Waals surface area contributed by atoms with Gasteiger partial charge >= 0.3 is 6.01 Å². The molecule has 8 nitrogen and oxygen atoms in total. The van der Waals surface area contributed by atoms with Gasteiger partial charge in [0.05, 0.1) is 5.69 Å². The number of hydrogen-bond donors (Lipinski definition) is 1. The average molecular weight is 419 g/mol. The van der Waals surface area contributed by atoms with Gasteiger partial charge in [0.25, 0.3) is 0 Å². The number of aromatic nitrogens is 3. The van der Waals surface area contributed by atoms with E-state index < -0.39 is 0 Å². The zero-order valence-corrected chi connectivity index (χ0v) is 18.1. The number of allylic oxidation sites excluding steroid dienone is 1. The summed E-state index contributed by atoms with van der Waals surface area (Å²) in [6.07, 6.45) is 3.19. The molecule has 1 aromatic carbocycles. The number of aryl methyl sites for hydroxylation is 1. The molecule has 0 saturated carbocycles. The van der Waals surface area contributed by atoms with Gasteiger partial charge in [-0.2, -0.15) is 9.97 Å². The second kappa shape index (κ2) is 8.03. The highest BCUT2D eigenvalue weighted by molar-refractivity contribution is 5.65. The Bertz CT molecular complexity index is 1130. The van der Waals surface area contributed by atoms with Gasteiger partial charge in [-0.05, 0) is 50.6 Å². The van der Waals surface area contributed by atoms with E-state index in [4.69, 9.17) is 14.2 Å². The van der Waals surface area contributed by atoms with Crippen LogP contribution in [-0.2, 0) is 6.42 Å². The van der Waals surface area contributed by atoms with Gasteiger partial charge in [0.15, 0.2) is 0 Å². The van der Waals surface area contributed by atoms with Crippen LogP contribution in [0.2, 0.25) is 0 Å². The summed E-state index contributed by atoms with van der Waals surface area (Å²) in [4.78, 5) is 13.8. The summed E-state index contributed by atoms with van der Waals surface area (Å²) in [6, 6.07) is 10.2.